The second-order valence-electron chi connectivity index (χ2n) is 5.37. The molecule has 114 valence electrons. The zero-order chi connectivity index (χ0) is 15.1. The third-order valence-corrected chi connectivity index (χ3v) is 5.32. The van der Waals surface area contributed by atoms with E-state index in [1.807, 2.05) is 0 Å². The van der Waals surface area contributed by atoms with Crippen molar-refractivity contribution in [3.63, 3.8) is 0 Å². The Balaban J connectivity index is 1.70. The van der Waals surface area contributed by atoms with Gasteiger partial charge in [-0.3, -0.25) is 10.1 Å². The summed E-state index contributed by atoms with van der Waals surface area (Å²) in [7, 11) is -3.69. The highest BCUT2D eigenvalue weighted by Crippen LogP contribution is 2.30. The van der Waals surface area contributed by atoms with Gasteiger partial charge in [-0.2, -0.15) is 0 Å². The number of nitro groups is 1. The molecule has 0 aliphatic carbocycles. The molecular formula is C12H15N3O5S. The van der Waals surface area contributed by atoms with E-state index in [1.165, 1.54) is 24.3 Å². The van der Waals surface area contributed by atoms with E-state index >= 15 is 0 Å². The van der Waals surface area contributed by atoms with Crippen molar-refractivity contribution in [2.24, 2.45) is 0 Å². The summed E-state index contributed by atoms with van der Waals surface area (Å²) in [5.74, 6) is 0. The molecule has 1 spiro atoms. The molecular weight excluding hydrogens is 298 g/mol. The highest BCUT2D eigenvalue weighted by molar-refractivity contribution is 7.89. The van der Waals surface area contributed by atoms with Crippen molar-refractivity contribution in [1.29, 1.82) is 0 Å². The summed E-state index contributed by atoms with van der Waals surface area (Å²) < 4.78 is 32.7. The fourth-order valence-corrected chi connectivity index (χ4v) is 3.83. The van der Waals surface area contributed by atoms with Crippen LogP contribution in [0.3, 0.4) is 0 Å². The van der Waals surface area contributed by atoms with E-state index < -0.39 is 14.9 Å². The summed E-state index contributed by atoms with van der Waals surface area (Å²) in [6.45, 7) is 1.82. The van der Waals surface area contributed by atoms with Crippen LogP contribution in [0.4, 0.5) is 5.69 Å². The number of non-ortho nitro benzene ring substituents is 1. The van der Waals surface area contributed by atoms with Crippen molar-refractivity contribution in [2.45, 2.75) is 23.0 Å². The Labute approximate surface area is 121 Å². The van der Waals surface area contributed by atoms with E-state index in [2.05, 4.69) is 10.0 Å². The molecule has 0 bridgehead atoms. The number of nitrogens with one attached hydrogen (secondary N) is 2. The molecule has 21 heavy (non-hydrogen) atoms. The van der Waals surface area contributed by atoms with E-state index in [0.717, 1.165) is 13.1 Å². The topological polar surface area (TPSA) is 111 Å². The van der Waals surface area contributed by atoms with Gasteiger partial charge in [-0.05, 0) is 18.6 Å². The number of hydrogen-bond donors (Lipinski definition) is 2. The summed E-state index contributed by atoms with van der Waals surface area (Å²) in [5, 5.41) is 13.7. The lowest BCUT2D eigenvalue weighted by atomic mass is 9.92. The molecule has 2 N–H and O–H groups in total. The first-order valence-corrected chi connectivity index (χ1v) is 8.00. The van der Waals surface area contributed by atoms with Crippen LogP contribution in [0, 0.1) is 10.1 Å². The van der Waals surface area contributed by atoms with Crippen LogP contribution in [0.25, 0.3) is 0 Å². The van der Waals surface area contributed by atoms with Crippen LogP contribution in [0.2, 0.25) is 0 Å². The van der Waals surface area contributed by atoms with E-state index in [4.69, 9.17) is 4.74 Å². The Bertz CT molecular complexity index is 654. The lowest BCUT2D eigenvalue weighted by molar-refractivity contribution is -0.384. The minimum Gasteiger partial charge on any atom is -0.371 e. The second-order valence-corrected chi connectivity index (χ2v) is 7.08. The van der Waals surface area contributed by atoms with Crippen LogP contribution in [-0.2, 0) is 14.8 Å². The fourth-order valence-electron chi connectivity index (χ4n) is 2.60. The Morgan fingerprint density at radius 2 is 2.00 bits per heavy atom. The SMILES string of the molecule is O=[N+]([O-])c1ccc(S(=O)(=O)NC2COC3(CNC3)C2)cc1. The predicted octanol–water partition coefficient (Wildman–Crippen LogP) is 0.00400. The maximum atomic E-state index is 12.2. The minimum atomic E-state index is -3.69. The van der Waals surface area contributed by atoms with Crippen molar-refractivity contribution in [1.82, 2.24) is 10.0 Å². The minimum absolute atomic E-state index is 0.0146. The van der Waals surface area contributed by atoms with E-state index in [-0.39, 0.29) is 22.2 Å². The van der Waals surface area contributed by atoms with Gasteiger partial charge < -0.3 is 10.1 Å². The summed E-state index contributed by atoms with van der Waals surface area (Å²) >= 11 is 0. The number of nitro benzene ring substituents is 1. The van der Waals surface area contributed by atoms with Gasteiger partial charge in [-0.1, -0.05) is 0 Å². The quantitative estimate of drug-likeness (QED) is 0.598. The highest BCUT2D eigenvalue weighted by atomic mass is 32.2. The lowest BCUT2D eigenvalue weighted by Crippen LogP contribution is -2.59. The van der Waals surface area contributed by atoms with Gasteiger partial charge in [0.15, 0.2) is 0 Å². The zero-order valence-electron chi connectivity index (χ0n) is 11.1. The molecule has 2 saturated heterocycles. The van der Waals surface area contributed by atoms with Gasteiger partial charge in [-0.15, -0.1) is 0 Å². The molecule has 2 aliphatic heterocycles. The number of sulfonamides is 1. The Morgan fingerprint density at radius 1 is 1.33 bits per heavy atom. The summed E-state index contributed by atoms with van der Waals surface area (Å²) in [6, 6.07) is 4.55. The molecule has 2 aliphatic rings. The maximum Gasteiger partial charge on any atom is 0.269 e. The van der Waals surface area contributed by atoms with Gasteiger partial charge in [-0.25, -0.2) is 13.1 Å². The maximum absolute atomic E-state index is 12.2. The second kappa shape index (κ2) is 5.02. The summed E-state index contributed by atoms with van der Waals surface area (Å²) in [5.41, 5.74) is -0.375. The Kier molecular flexibility index (Phi) is 3.44. The molecule has 2 fully saturated rings. The molecule has 0 radical (unpaired) electrons. The smallest absolute Gasteiger partial charge is 0.269 e. The Morgan fingerprint density at radius 3 is 2.48 bits per heavy atom. The van der Waals surface area contributed by atoms with Crippen LogP contribution in [0.1, 0.15) is 6.42 Å². The Hall–Kier alpha value is -1.55. The van der Waals surface area contributed by atoms with E-state index in [1.54, 1.807) is 0 Å². The number of benzene rings is 1. The van der Waals surface area contributed by atoms with E-state index in [9.17, 15) is 18.5 Å². The van der Waals surface area contributed by atoms with Crippen molar-refractivity contribution in [3.8, 4) is 0 Å². The average molecular weight is 313 g/mol. The number of hydrogen-bond acceptors (Lipinski definition) is 6. The molecule has 0 aromatic heterocycles. The first kappa shape index (κ1) is 14.4. The van der Waals surface area contributed by atoms with Crippen molar-refractivity contribution in [2.75, 3.05) is 19.7 Å². The van der Waals surface area contributed by atoms with Crippen LogP contribution in [0.5, 0.6) is 0 Å². The van der Waals surface area contributed by atoms with Crippen molar-refractivity contribution < 1.29 is 18.1 Å². The summed E-state index contributed by atoms with van der Waals surface area (Å²) in [6.07, 6.45) is 0.631. The number of ether oxygens (including phenoxy) is 1. The zero-order valence-corrected chi connectivity index (χ0v) is 11.9. The first-order valence-electron chi connectivity index (χ1n) is 6.52. The monoisotopic (exact) mass is 313 g/mol. The average Bonchev–Trinajstić information content (AvgIpc) is 2.82. The van der Waals surface area contributed by atoms with E-state index in [0.29, 0.717) is 13.0 Å². The number of nitrogens with zero attached hydrogens (tertiary/aromatic N) is 1. The molecule has 1 unspecified atom stereocenters. The predicted molar refractivity (Wildman–Crippen MR) is 73.4 cm³/mol. The van der Waals surface area contributed by atoms with Gasteiger partial charge >= 0.3 is 0 Å². The molecule has 9 heteroatoms. The largest absolute Gasteiger partial charge is 0.371 e. The van der Waals surface area contributed by atoms with Crippen LogP contribution < -0.4 is 10.0 Å². The third kappa shape index (κ3) is 2.77. The third-order valence-electron chi connectivity index (χ3n) is 3.78. The number of rotatable bonds is 4. The lowest BCUT2D eigenvalue weighted by Gasteiger charge is -2.38. The van der Waals surface area contributed by atoms with Crippen molar-refractivity contribution in [3.05, 3.63) is 34.4 Å². The van der Waals surface area contributed by atoms with Crippen LogP contribution >= 0.6 is 0 Å². The molecule has 1 atom stereocenters. The summed E-state index contributed by atoms with van der Waals surface area (Å²) in [4.78, 5) is 10.0. The van der Waals surface area contributed by atoms with Gasteiger partial charge in [0.05, 0.1) is 22.0 Å². The molecule has 3 rings (SSSR count). The standard InChI is InChI=1S/C12H15N3O5S/c16-15(17)10-1-3-11(4-2-10)21(18,19)14-9-5-12(20-6-9)7-13-8-12/h1-4,9,13-14H,5-8H2. The van der Waals surface area contributed by atoms with Crippen molar-refractivity contribution >= 4 is 15.7 Å². The van der Waals surface area contributed by atoms with Crippen LogP contribution in [-0.4, -0.2) is 44.7 Å². The fraction of sp³-hybridized carbons (Fsp3) is 0.500. The molecule has 1 aromatic carbocycles. The van der Waals surface area contributed by atoms with Gasteiger partial charge in [0.1, 0.15) is 0 Å². The molecule has 2 heterocycles. The molecule has 8 nitrogen and oxygen atoms in total. The molecule has 0 amide bonds. The highest BCUT2D eigenvalue weighted by Gasteiger charge is 2.46. The van der Waals surface area contributed by atoms with Gasteiger partial charge in [0, 0.05) is 31.3 Å². The van der Waals surface area contributed by atoms with Crippen LogP contribution in [0.15, 0.2) is 29.2 Å². The normalized spacial score (nSPS) is 23.9. The van der Waals surface area contributed by atoms with Gasteiger partial charge in [0.2, 0.25) is 10.0 Å². The first-order chi connectivity index (χ1) is 9.90. The molecule has 1 aromatic rings. The molecule has 0 saturated carbocycles. The van der Waals surface area contributed by atoms with Gasteiger partial charge in [0.25, 0.3) is 5.69 Å².